The van der Waals surface area contributed by atoms with E-state index in [0.29, 0.717) is 25.0 Å². The largest absolute Gasteiger partial charge is 0.490 e. The molecule has 2 rings (SSSR count). The van der Waals surface area contributed by atoms with Crippen molar-refractivity contribution in [1.82, 2.24) is 4.90 Å². The summed E-state index contributed by atoms with van der Waals surface area (Å²) in [7, 11) is 0. The van der Waals surface area contributed by atoms with Crippen LogP contribution in [0.4, 0.5) is 5.69 Å². The van der Waals surface area contributed by atoms with E-state index < -0.39 is 0 Å². The van der Waals surface area contributed by atoms with Crippen LogP contribution in [0.1, 0.15) is 38.1 Å². The Hall–Kier alpha value is -1.55. The number of nitrogens with one attached hydrogen (secondary N) is 1. The van der Waals surface area contributed by atoms with Gasteiger partial charge in [0.15, 0.2) is 5.78 Å². The van der Waals surface area contributed by atoms with Crippen LogP contribution < -0.4 is 10.1 Å². The van der Waals surface area contributed by atoms with E-state index in [1.807, 2.05) is 18.2 Å². The fraction of sp³-hybridized carbons (Fsp3) is 0.611. The van der Waals surface area contributed by atoms with Gasteiger partial charge in [0.25, 0.3) is 0 Å². The van der Waals surface area contributed by atoms with Gasteiger partial charge in [-0.2, -0.15) is 0 Å². The molecule has 0 fully saturated rings. The molecule has 1 aromatic rings. The first kappa shape index (κ1) is 16.8. The summed E-state index contributed by atoms with van der Waals surface area (Å²) in [5.74, 6) is 2.13. The number of benzene rings is 1. The summed E-state index contributed by atoms with van der Waals surface area (Å²) in [5, 5.41) is 3.28. The summed E-state index contributed by atoms with van der Waals surface area (Å²) >= 11 is 0. The van der Waals surface area contributed by atoms with Gasteiger partial charge in [-0.3, -0.25) is 9.69 Å². The van der Waals surface area contributed by atoms with Gasteiger partial charge in [-0.15, -0.1) is 0 Å². The number of carbonyl (C=O) groups excluding carboxylic acids is 1. The third kappa shape index (κ3) is 4.73. The summed E-state index contributed by atoms with van der Waals surface area (Å²) in [5.41, 5.74) is 1.69. The van der Waals surface area contributed by atoms with Gasteiger partial charge in [-0.25, -0.2) is 0 Å². The van der Waals surface area contributed by atoms with Crippen LogP contribution >= 0.6 is 0 Å². The number of fused-ring (bicyclic) bond motifs is 1. The van der Waals surface area contributed by atoms with Crippen LogP contribution in [-0.2, 0) is 0 Å². The SMILES string of the molecule is CC(C)CN(CC(=O)c1ccc2c(c1)NCCO2)CC(C)C. The van der Waals surface area contributed by atoms with Crippen LogP contribution in [0.5, 0.6) is 5.75 Å². The van der Waals surface area contributed by atoms with Crippen LogP contribution in [0, 0.1) is 11.8 Å². The van der Waals surface area contributed by atoms with Crippen LogP contribution in [0.3, 0.4) is 0 Å². The lowest BCUT2D eigenvalue weighted by Crippen LogP contribution is -2.35. The van der Waals surface area contributed by atoms with Gasteiger partial charge in [0.1, 0.15) is 12.4 Å². The fourth-order valence-corrected chi connectivity index (χ4v) is 2.84. The molecule has 1 aliphatic heterocycles. The molecule has 4 nitrogen and oxygen atoms in total. The van der Waals surface area contributed by atoms with Gasteiger partial charge in [-0.05, 0) is 30.0 Å². The van der Waals surface area contributed by atoms with E-state index in [0.717, 1.165) is 36.6 Å². The Kier molecular flexibility index (Phi) is 5.83. The van der Waals surface area contributed by atoms with Crippen molar-refractivity contribution in [2.45, 2.75) is 27.7 Å². The lowest BCUT2D eigenvalue weighted by molar-refractivity contribution is 0.0912. The average molecular weight is 304 g/mol. The normalized spacial score (nSPS) is 14.0. The van der Waals surface area contributed by atoms with Gasteiger partial charge < -0.3 is 10.1 Å². The molecule has 0 spiro atoms. The minimum atomic E-state index is 0.177. The molecular weight excluding hydrogens is 276 g/mol. The summed E-state index contributed by atoms with van der Waals surface area (Å²) < 4.78 is 5.56. The number of nitrogens with zero attached hydrogens (tertiary/aromatic N) is 1. The number of ether oxygens (including phenoxy) is 1. The molecule has 1 aliphatic rings. The lowest BCUT2D eigenvalue weighted by atomic mass is 10.1. The van der Waals surface area contributed by atoms with Gasteiger partial charge in [0.05, 0.1) is 12.2 Å². The molecule has 22 heavy (non-hydrogen) atoms. The summed E-state index contributed by atoms with van der Waals surface area (Å²) in [6.07, 6.45) is 0. The number of ketones is 1. The smallest absolute Gasteiger partial charge is 0.176 e. The molecule has 1 heterocycles. The first-order valence-electron chi connectivity index (χ1n) is 8.22. The second-order valence-electron chi connectivity index (χ2n) is 6.89. The van der Waals surface area contributed by atoms with Crippen LogP contribution in [-0.4, -0.2) is 43.5 Å². The maximum atomic E-state index is 12.6. The van der Waals surface area contributed by atoms with Gasteiger partial charge >= 0.3 is 0 Å². The van der Waals surface area contributed by atoms with E-state index in [4.69, 9.17) is 4.74 Å². The van der Waals surface area contributed by atoms with Crippen molar-refractivity contribution in [3.63, 3.8) is 0 Å². The molecule has 0 aromatic heterocycles. The number of anilines is 1. The molecule has 4 heteroatoms. The number of hydrogen-bond donors (Lipinski definition) is 1. The Morgan fingerprint density at radius 1 is 1.23 bits per heavy atom. The first-order chi connectivity index (χ1) is 10.5. The molecule has 0 unspecified atom stereocenters. The topological polar surface area (TPSA) is 41.6 Å². The van der Waals surface area contributed by atoms with Crippen molar-refractivity contribution < 1.29 is 9.53 Å². The molecule has 0 radical (unpaired) electrons. The predicted octanol–water partition coefficient (Wildman–Crippen LogP) is 3.29. The molecule has 0 saturated heterocycles. The Labute approximate surface area is 133 Å². The third-order valence-electron chi connectivity index (χ3n) is 3.59. The van der Waals surface area contributed by atoms with Crippen molar-refractivity contribution >= 4 is 11.5 Å². The Bertz CT molecular complexity index is 502. The summed E-state index contributed by atoms with van der Waals surface area (Å²) in [6, 6.07) is 5.68. The van der Waals surface area contributed by atoms with Gasteiger partial charge in [0.2, 0.25) is 0 Å². The maximum Gasteiger partial charge on any atom is 0.176 e. The number of hydrogen-bond acceptors (Lipinski definition) is 4. The average Bonchev–Trinajstić information content (AvgIpc) is 2.45. The van der Waals surface area contributed by atoms with Crippen molar-refractivity contribution in [2.24, 2.45) is 11.8 Å². The number of rotatable bonds is 7. The lowest BCUT2D eigenvalue weighted by Gasteiger charge is -2.25. The maximum absolute atomic E-state index is 12.6. The van der Waals surface area contributed by atoms with Crippen molar-refractivity contribution in [2.75, 3.05) is 38.1 Å². The van der Waals surface area contributed by atoms with E-state index in [1.165, 1.54) is 0 Å². The minimum Gasteiger partial charge on any atom is -0.490 e. The highest BCUT2D eigenvalue weighted by Gasteiger charge is 2.17. The number of Topliss-reactive ketones (excluding diaryl/α,β-unsaturated/α-hetero) is 1. The van der Waals surface area contributed by atoms with Crippen molar-refractivity contribution in [3.8, 4) is 5.75 Å². The Morgan fingerprint density at radius 3 is 2.55 bits per heavy atom. The quantitative estimate of drug-likeness (QED) is 0.785. The highest BCUT2D eigenvalue weighted by Crippen LogP contribution is 2.28. The molecule has 0 bridgehead atoms. The molecule has 0 aliphatic carbocycles. The standard InChI is InChI=1S/C18H28N2O2/c1-13(2)10-20(11-14(3)4)12-17(21)15-5-6-18-16(9-15)19-7-8-22-18/h5-6,9,13-14,19H,7-8,10-12H2,1-4H3. The zero-order valence-electron chi connectivity index (χ0n) is 14.2. The summed E-state index contributed by atoms with van der Waals surface area (Å²) in [4.78, 5) is 14.9. The molecule has 0 atom stereocenters. The van der Waals surface area contributed by atoms with E-state index >= 15 is 0 Å². The van der Waals surface area contributed by atoms with Crippen LogP contribution in [0.2, 0.25) is 0 Å². The van der Waals surface area contributed by atoms with E-state index in [1.54, 1.807) is 0 Å². The Balaban J connectivity index is 2.05. The summed E-state index contributed by atoms with van der Waals surface area (Å²) in [6.45, 7) is 12.6. The fourth-order valence-electron chi connectivity index (χ4n) is 2.84. The third-order valence-corrected chi connectivity index (χ3v) is 3.59. The Morgan fingerprint density at radius 2 is 1.91 bits per heavy atom. The number of carbonyl (C=O) groups is 1. The highest BCUT2D eigenvalue weighted by atomic mass is 16.5. The van der Waals surface area contributed by atoms with Crippen LogP contribution in [0.25, 0.3) is 0 Å². The van der Waals surface area contributed by atoms with Crippen LogP contribution in [0.15, 0.2) is 18.2 Å². The molecule has 122 valence electrons. The minimum absolute atomic E-state index is 0.177. The zero-order valence-corrected chi connectivity index (χ0v) is 14.2. The van der Waals surface area contributed by atoms with E-state index in [9.17, 15) is 4.79 Å². The van der Waals surface area contributed by atoms with Gasteiger partial charge in [0, 0.05) is 25.2 Å². The van der Waals surface area contributed by atoms with Gasteiger partial charge in [-0.1, -0.05) is 27.7 Å². The molecular formula is C18H28N2O2. The first-order valence-corrected chi connectivity index (χ1v) is 8.22. The van der Waals surface area contributed by atoms with E-state index in [2.05, 4.69) is 37.9 Å². The molecule has 0 amide bonds. The highest BCUT2D eigenvalue weighted by molar-refractivity contribution is 5.98. The molecule has 0 saturated carbocycles. The molecule has 1 N–H and O–H groups in total. The predicted molar refractivity (Wildman–Crippen MR) is 90.9 cm³/mol. The monoisotopic (exact) mass is 304 g/mol. The second kappa shape index (κ2) is 7.63. The second-order valence-corrected chi connectivity index (χ2v) is 6.89. The zero-order chi connectivity index (χ0) is 16.1. The van der Waals surface area contributed by atoms with Crippen molar-refractivity contribution in [3.05, 3.63) is 23.8 Å². The van der Waals surface area contributed by atoms with E-state index in [-0.39, 0.29) is 5.78 Å². The van der Waals surface area contributed by atoms with Crippen molar-refractivity contribution in [1.29, 1.82) is 0 Å². The molecule has 1 aromatic carbocycles.